The lowest BCUT2D eigenvalue weighted by molar-refractivity contribution is -0.143. The lowest BCUT2D eigenvalue weighted by atomic mass is 9.98. The van der Waals surface area contributed by atoms with Crippen LogP contribution in [0.1, 0.15) is 80.6 Å². The maximum Gasteiger partial charge on any atom is 0.305 e. The molecule has 1 aliphatic rings. The van der Waals surface area contributed by atoms with Crippen molar-refractivity contribution in [1.29, 1.82) is 0 Å². The molecule has 4 nitrogen and oxygen atoms in total. The number of nitrogens with zero attached hydrogens (tertiary/aromatic N) is 1. The predicted octanol–water partition coefficient (Wildman–Crippen LogP) is 4.76. The number of rotatable bonds is 11. The Morgan fingerprint density at radius 1 is 0.962 bits per heavy atom. The summed E-state index contributed by atoms with van der Waals surface area (Å²) in [5.41, 5.74) is 2.06. The Balaban J connectivity index is 1.72. The molecule has 4 heteroatoms. The molecular weight excluding hydrogens is 326 g/mol. The lowest BCUT2D eigenvalue weighted by Crippen LogP contribution is -2.29. The van der Waals surface area contributed by atoms with Gasteiger partial charge in [-0.1, -0.05) is 43.5 Å². The molecule has 1 aromatic carbocycles. The Bertz CT molecular complexity index is 564. The number of carbonyl (C=O) groups excluding carboxylic acids is 2. The number of carbonyl (C=O) groups is 2. The van der Waals surface area contributed by atoms with Crippen molar-refractivity contribution in [1.82, 2.24) is 4.90 Å². The molecule has 0 radical (unpaired) electrons. The number of hydrogen-bond acceptors (Lipinski definition) is 4. The highest BCUT2D eigenvalue weighted by Crippen LogP contribution is 2.18. The van der Waals surface area contributed by atoms with E-state index < -0.39 is 0 Å². The number of Topliss-reactive ketones (excluding diaryl/α,β-unsaturated/α-hetero) is 1. The first-order chi connectivity index (χ1) is 12.7. The van der Waals surface area contributed by atoms with Gasteiger partial charge in [-0.15, -0.1) is 0 Å². The van der Waals surface area contributed by atoms with E-state index in [-0.39, 0.29) is 11.8 Å². The summed E-state index contributed by atoms with van der Waals surface area (Å²) in [6.45, 7) is 5.45. The second-order valence-electron chi connectivity index (χ2n) is 7.14. The van der Waals surface area contributed by atoms with Crippen LogP contribution in [0, 0.1) is 0 Å². The molecule has 1 fully saturated rings. The fourth-order valence-corrected chi connectivity index (χ4v) is 3.56. The van der Waals surface area contributed by atoms with Gasteiger partial charge in [0.15, 0.2) is 5.78 Å². The summed E-state index contributed by atoms with van der Waals surface area (Å²) in [5.74, 6) is 0.137. The Hall–Kier alpha value is -1.68. The fourth-order valence-electron chi connectivity index (χ4n) is 3.56. The predicted molar refractivity (Wildman–Crippen MR) is 104 cm³/mol. The van der Waals surface area contributed by atoms with E-state index in [4.69, 9.17) is 4.74 Å². The Kier molecular flexibility index (Phi) is 9.40. The van der Waals surface area contributed by atoms with Crippen LogP contribution in [0.25, 0.3) is 0 Å². The van der Waals surface area contributed by atoms with Gasteiger partial charge in [0, 0.05) is 24.9 Å². The average molecular weight is 360 g/mol. The van der Waals surface area contributed by atoms with Gasteiger partial charge in [0.05, 0.1) is 6.61 Å². The van der Waals surface area contributed by atoms with E-state index in [2.05, 4.69) is 11.0 Å². The highest BCUT2D eigenvalue weighted by Gasteiger charge is 2.15. The molecule has 2 rings (SSSR count). The maximum absolute atomic E-state index is 12.6. The molecule has 0 saturated carbocycles. The second-order valence-corrected chi connectivity index (χ2v) is 7.14. The molecule has 1 saturated heterocycles. The number of benzene rings is 1. The van der Waals surface area contributed by atoms with Crippen LogP contribution in [-0.4, -0.2) is 36.3 Å². The summed E-state index contributed by atoms with van der Waals surface area (Å²) >= 11 is 0. The van der Waals surface area contributed by atoms with Crippen LogP contribution >= 0.6 is 0 Å². The van der Waals surface area contributed by atoms with Crippen LogP contribution in [0.3, 0.4) is 0 Å². The third-order valence-electron chi connectivity index (χ3n) is 5.00. The van der Waals surface area contributed by atoms with Gasteiger partial charge >= 0.3 is 5.97 Å². The summed E-state index contributed by atoms with van der Waals surface area (Å²) in [6.07, 6.45) is 8.63. The zero-order valence-corrected chi connectivity index (χ0v) is 16.2. The highest BCUT2D eigenvalue weighted by atomic mass is 16.5. The van der Waals surface area contributed by atoms with Crippen LogP contribution in [-0.2, 0) is 16.1 Å². The number of ketones is 1. The maximum atomic E-state index is 12.6. The summed E-state index contributed by atoms with van der Waals surface area (Å²) < 4.78 is 4.92. The largest absolute Gasteiger partial charge is 0.466 e. The molecule has 0 aromatic heterocycles. The van der Waals surface area contributed by atoms with E-state index in [0.717, 1.165) is 50.9 Å². The number of esters is 1. The molecule has 144 valence electrons. The Morgan fingerprint density at radius 3 is 2.38 bits per heavy atom. The standard InChI is InChI=1S/C22H33NO3/c1-2-26-22(25)15-7-4-3-6-14-21(24)20-13-9-8-12-19(20)18-23-16-10-5-11-17-23/h8-9,12-13H,2-7,10-11,14-18H2,1H3. The van der Waals surface area contributed by atoms with Gasteiger partial charge < -0.3 is 4.74 Å². The van der Waals surface area contributed by atoms with Crippen molar-refractivity contribution in [3.8, 4) is 0 Å². The quantitative estimate of drug-likeness (QED) is 0.325. The molecular formula is C22H33NO3. The topological polar surface area (TPSA) is 46.6 Å². The van der Waals surface area contributed by atoms with Crippen molar-refractivity contribution in [3.05, 3.63) is 35.4 Å². The van der Waals surface area contributed by atoms with E-state index in [1.54, 1.807) is 0 Å². The highest BCUT2D eigenvalue weighted by molar-refractivity contribution is 5.97. The average Bonchev–Trinajstić information content (AvgIpc) is 2.66. The van der Waals surface area contributed by atoms with Crippen molar-refractivity contribution in [3.63, 3.8) is 0 Å². The first-order valence-corrected chi connectivity index (χ1v) is 10.2. The van der Waals surface area contributed by atoms with Gasteiger partial charge in [0.25, 0.3) is 0 Å². The van der Waals surface area contributed by atoms with Gasteiger partial charge in [-0.2, -0.15) is 0 Å². The van der Waals surface area contributed by atoms with Crippen molar-refractivity contribution in [2.75, 3.05) is 19.7 Å². The van der Waals surface area contributed by atoms with E-state index in [0.29, 0.717) is 19.4 Å². The summed E-state index contributed by atoms with van der Waals surface area (Å²) in [7, 11) is 0. The molecule has 1 aromatic rings. The van der Waals surface area contributed by atoms with Gasteiger partial charge in [0.1, 0.15) is 0 Å². The molecule has 1 aliphatic heterocycles. The van der Waals surface area contributed by atoms with Crippen molar-refractivity contribution in [2.45, 2.75) is 71.3 Å². The third kappa shape index (κ3) is 7.28. The number of likely N-dealkylation sites (tertiary alicyclic amines) is 1. The van der Waals surface area contributed by atoms with E-state index >= 15 is 0 Å². The van der Waals surface area contributed by atoms with Gasteiger partial charge in [-0.05, 0) is 51.3 Å². The van der Waals surface area contributed by atoms with Gasteiger partial charge in [-0.3, -0.25) is 14.5 Å². The van der Waals surface area contributed by atoms with Crippen LogP contribution in [0.15, 0.2) is 24.3 Å². The number of hydrogen-bond donors (Lipinski definition) is 0. The van der Waals surface area contributed by atoms with Crippen molar-refractivity contribution < 1.29 is 14.3 Å². The Morgan fingerprint density at radius 2 is 1.65 bits per heavy atom. The molecule has 0 bridgehead atoms. The normalized spacial score (nSPS) is 15.0. The van der Waals surface area contributed by atoms with Crippen molar-refractivity contribution in [2.24, 2.45) is 0 Å². The van der Waals surface area contributed by atoms with E-state index in [9.17, 15) is 9.59 Å². The fraction of sp³-hybridized carbons (Fsp3) is 0.636. The minimum absolute atomic E-state index is 0.116. The second kappa shape index (κ2) is 11.8. The molecule has 0 unspecified atom stereocenters. The molecule has 0 atom stereocenters. The lowest BCUT2D eigenvalue weighted by Gasteiger charge is -2.27. The van der Waals surface area contributed by atoms with E-state index in [1.165, 1.54) is 24.8 Å². The van der Waals surface area contributed by atoms with Crippen LogP contribution in [0.5, 0.6) is 0 Å². The molecule has 26 heavy (non-hydrogen) atoms. The number of ether oxygens (including phenoxy) is 1. The minimum atomic E-state index is -0.116. The van der Waals surface area contributed by atoms with Gasteiger partial charge in [-0.25, -0.2) is 0 Å². The molecule has 1 heterocycles. The van der Waals surface area contributed by atoms with Crippen LogP contribution in [0.4, 0.5) is 0 Å². The van der Waals surface area contributed by atoms with Crippen molar-refractivity contribution >= 4 is 11.8 Å². The first kappa shape index (κ1) is 20.6. The van der Waals surface area contributed by atoms with Crippen LogP contribution < -0.4 is 0 Å². The molecule has 0 amide bonds. The number of unbranched alkanes of at least 4 members (excludes halogenated alkanes) is 3. The summed E-state index contributed by atoms with van der Waals surface area (Å²) in [6, 6.07) is 8.07. The zero-order valence-electron chi connectivity index (χ0n) is 16.2. The third-order valence-corrected chi connectivity index (χ3v) is 5.00. The smallest absolute Gasteiger partial charge is 0.305 e. The zero-order chi connectivity index (χ0) is 18.6. The Labute approximate surface area is 157 Å². The molecule has 0 spiro atoms. The first-order valence-electron chi connectivity index (χ1n) is 10.2. The molecule has 0 N–H and O–H groups in total. The van der Waals surface area contributed by atoms with Crippen LogP contribution in [0.2, 0.25) is 0 Å². The molecule has 0 aliphatic carbocycles. The number of piperidine rings is 1. The SMILES string of the molecule is CCOC(=O)CCCCCCC(=O)c1ccccc1CN1CCCCC1. The summed E-state index contributed by atoms with van der Waals surface area (Å²) in [4.78, 5) is 26.4. The minimum Gasteiger partial charge on any atom is -0.466 e. The summed E-state index contributed by atoms with van der Waals surface area (Å²) in [5, 5.41) is 0. The van der Waals surface area contributed by atoms with E-state index in [1.807, 2.05) is 25.1 Å². The monoisotopic (exact) mass is 359 g/mol. The van der Waals surface area contributed by atoms with Gasteiger partial charge in [0.2, 0.25) is 0 Å².